The maximum Gasteiger partial charge on any atom is 0.573 e. The molecule has 1 unspecified atom stereocenters. The number of benzene rings is 1. The zero-order chi connectivity index (χ0) is 22.3. The van der Waals surface area contributed by atoms with Crippen LogP contribution in [-0.2, 0) is 19.5 Å². The number of aryl methyl sites for hydroxylation is 1. The predicted octanol–water partition coefficient (Wildman–Crippen LogP) is 2.54. The zero-order valence-corrected chi connectivity index (χ0v) is 18.2. The van der Waals surface area contributed by atoms with Gasteiger partial charge in [0, 0.05) is 32.2 Å². The van der Waals surface area contributed by atoms with Crippen molar-refractivity contribution in [2.24, 2.45) is 0 Å². The first-order valence-corrected chi connectivity index (χ1v) is 11.8. The van der Waals surface area contributed by atoms with E-state index in [1.165, 1.54) is 17.3 Å². The lowest BCUT2D eigenvalue weighted by Gasteiger charge is -2.39. The summed E-state index contributed by atoms with van der Waals surface area (Å²) < 4.78 is 80.4. The van der Waals surface area contributed by atoms with Gasteiger partial charge in [-0.25, -0.2) is 8.42 Å². The fraction of sp³-hybridized carbons (Fsp3) is 0.700. The first kappa shape index (κ1) is 22.8. The van der Waals surface area contributed by atoms with Crippen LogP contribution in [0.4, 0.5) is 13.2 Å². The summed E-state index contributed by atoms with van der Waals surface area (Å²) in [5, 5.41) is 0. The van der Waals surface area contributed by atoms with Crippen LogP contribution in [0, 0.1) is 6.92 Å². The van der Waals surface area contributed by atoms with Crippen LogP contribution in [0.25, 0.3) is 0 Å². The second-order valence-corrected chi connectivity index (χ2v) is 10.3. The van der Waals surface area contributed by atoms with Gasteiger partial charge in [0.05, 0.1) is 30.3 Å². The number of morpholine rings is 1. The molecule has 0 aliphatic carbocycles. The molecule has 11 heteroatoms. The van der Waals surface area contributed by atoms with Crippen LogP contribution in [-0.4, -0.2) is 81.6 Å². The van der Waals surface area contributed by atoms with E-state index in [0.717, 1.165) is 44.9 Å². The van der Waals surface area contributed by atoms with Crippen molar-refractivity contribution in [2.75, 3.05) is 46.0 Å². The van der Waals surface area contributed by atoms with Gasteiger partial charge < -0.3 is 14.2 Å². The second kappa shape index (κ2) is 8.51. The van der Waals surface area contributed by atoms with Crippen LogP contribution in [0.5, 0.6) is 5.75 Å². The summed E-state index contributed by atoms with van der Waals surface area (Å²) in [6, 6.07) is 3.64. The van der Waals surface area contributed by atoms with Crippen molar-refractivity contribution < 1.29 is 35.8 Å². The van der Waals surface area contributed by atoms with E-state index in [2.05, 4.69) is 9.64 Å². The fourth-order valence-corrected chi connectivity index (χ4v) is 6.37. The lowest BCUT2D eigenvalue weighted by Crippen LogP contribution is -2.48. The Morgan fingerprint density at radius 3 is 2.42 bits per heavy atom. The minimum absolute atomic E-state index is 0.00323. The smallest absolute Gasteiger partial charge is 0.406 e. The van der Waals surface area contributed by atoms with Crippen LogP contribution in [0.1, 0.15) is 24.8 Å². The maximum absolute atomic E-state index is 13.1. The molecule has 3 fully saturated rings. The molecule has 4 rings (SSSR count). The largest absolute Gasteiger partial charge is 0.573 e. The molecular weight excluding hydrogens is 437 g/mol. The minimum Gasteiger partial charge on any atom is -0.406 e. The number of alkyl halides is 3. The summed E-state index contributed by atoms with van der Waals surface area (Å²) in [6.07, 6.45) is -2.75. The Morgan fingerprint density at radius 1 is 1.13 bits per heavy atom. The molecule has 0 radical (unpaired) electrons. The highest BCUT2D eigenvalue weighted by Crippen LogP contribution is 2.39. The number of halogens is 3. The van der Waals surface area contributed by atoms with Gasteiger partial charge in [0.1, 0.15) is 5.75 Å². The fourth-order valence-electron chi connectivity index (χ4n) is 4.73. The predicted molar refractivity (Wildman–Crippen MR) is 105 cm³/mol. The van der Waals surface area contributed by atoms with Crippen LogP contribution in [0.2, 0.25) is 0 Å². The van der Waals surface area contributed by atoms with Gasteiger partial charge in [-0.2, -0.15) is 4.31 Å². The molecule has 0 bridgehead atoms. The van der Waals surface area contributed by atoms with Crippen LogP contribution in [0.3, 0.4) is 0 Å². The van der Waals surface area contributed by atoms with Gasteiger partial charge in [0.15, 0.2) is 0 Å². The van der Waals surface area contributed by atoms with E-state index in [-0.39, 0.29) is 16.1 Å². The topological polar surface area (TPSA) is 68.3 Å². The molecule has 1 atom stereocenters. The van der Waals surface area contributed by atoms with E-state index in [9.17, 15) is 21.6 Å². The molecule has 0 aromatic heterocycles. The lowest BCUT2D eigenvalue weighted by atomic mass is 9.88. The monoisotopic (exact) mass is 464 g/mol. The van der Waals surface area contributed by atoms with Gasteiger partial charge in [0.2, 0.25) is 10.0 Å². The van der Waals surface area contributed by atoms with E-state index in [1.54, 1.807) is 0 Å². The third-order valence-corrected chi connectivity index (χ3v) is 8.44. The summed E-state index contributed by atoms with van der Waals surface area (Å²) in [5.74, 6) is -0.435. The quantitative estimate of drug-likeness (QED) is 0.682. The molecule has 31 heavy (non-hydrogen) atoms. The molecule has 7 nitrogen and oxygen atoms in total. The number of ether oxygens (including phenoxy) is 3. The summed E-state index contributed by atoms with van der Waals surface area (Å²) in [5.41, 5.74) is -0.0967. The van der Waals surface area contributed by atoms with E-state index in [1.807, 2.05) is 0 Å². The molecule has 3 aliphatic rings. The highest BCUT2D eigenvalue weighted by molar-refractivity contribution is 7.89. The molecule has 174 valence electrons. The number of sulfonamides is 1. The highest BCUT2D eigenvalue weighted by Gasteiger charge is 2.46. The van der Waals surface area contributed by atoms with Gasteiger partial charge >= 0.3 is 6.36 Å². The van der Waals surface area contributed by atoms with Crippen molar-refractivity contribution in [3.8, 4) is 5.75 Å². The molecule has 3 heterocycles. The molecule has 0 N–H and O–H groups in total. The molecule has 0 saturated carbocycles. The third kappa shape index (κ3) is 5.00. The summed E-state index contributed by atoms with van der Waals surface area (Å²) in [4.78, 5) is 2.38. The number of hydrogen-bond acceptors (Lipinski definition) is 6. The van der Waals surface area contributed by atoms with Crippen molar-refractivity contribution in [1.29, 1.82) is 0 Å². The van der Waals surface area contributed by atoms with Crippen molar-refractivity contribution in [2.45, 2.75) is 49.1 Å². The lowest BCUT2D eigenvalue weighted by molar-refractivity contribution is -0.274. The van der Waals surface area contributed by atoms with Gasteiger partial charge in [0.25, 0.3) is 0 Å². The van der Waals surface area contributed by atoms with E-state index in [0.29, 0.717) is 38.6 Å². The molecule has 1 aromatic rings. The normalized spacial score (nSPS) is 25.7. The Morgan fingerprint density at radius 2 is 1.81 bits per heavy atom. The summed E-state index contributed by atoms with van der Waals surface area (Å²) >= 11 is 0. The van der Waals surface area contributed by atoms with Crippen molar-refractivity contribution in [3.05, 3.63) is 23.8 Å². The van der Waals surface area contributed by atoms with E-state index < -0.39 is 22.1 Å². The van der Waals surface area contributed by atoms with Crippen molar-refractivity contribution in [1.82, 2.24) is 9.21 Å². The van der Waals surface area contributed by atoms with Gasteiger partial charge in [-0.15, -0.1) is 13.2 Å². The number of piperidine rings is 1. The third-order valence-electron chi connectivity index (χ3n) is 6.38. The maximum atomic E-state index is 13.1. The number of rotatable bonds is 4. The standard InChI is InChI=1S/C20H27F3N2O5S/c1-15-12-17(30-20(21,22)23)2-3-18(15)31(26,27)25-6-4-19(5-7-25)13-16(14-29-19)24-8-10-28-11-9-24/h2-3,12,16H,4-11,13-14H2,1H3. The second-order valence-electron chi connectivity index (χ2n) is 8.38. The summed E-state index contributed by atoms with van der Waals surface area (Å²) in [6.45, 7) is 5.97. The van der Waals surface area contributed by atoms with Crippen LogP contribution >= 0.6 is 0 Å². The first-order chi connectivity index (χ1) is 14.6. The molecule has 0 amide bonds. The Bertz CT molecular complexity index is 895. The minimum atomic E-state index is -4.83. The van der Waals surface area contributed by atoms with Crippen molar-refractivity contribution in [3.63, 3.8) is 0 Å². The molecule has 1 aromatic carbocycles. The van der Waals surface area contributed by atoms with Gasteiger partial charge in [-0.3, -0.25) is 4.90 Å². The molecular formula is C20H27F3N2O5S. The highest BCUT2D eigenvalue weighted by atomic mass is 32.2. The molecule has 3 aliphatic heterocycles. The van der Waals surface area contributed by atoms with Crippen LogP contribution < -0.4 is 4.74 Å². The SMILES string of the molecule is Cc1cc(OC(F)(F)F)ccc1S(=O)(=O)N1CCC2(CC1)CC(N1CCOCC1)CO2. The summed E-state index contributed by atoms with van der Waals surface area (Å²) in [7, 11) is -3.82. The van der Waals surface area contributed by atoms with Crippen LogP contribution in [0.15, 0.2) is 23.1 Å². The van der Waals surface area contributed by atoms with Gasteiger partial charge in [-0.05, 0) is 49.9 Å². The number of nitrogens with zero attached hydrogens (tertiary/aromatic N) is 2. The van der Waals surface area contributed by atoms with Gasteiger partial charge in [-0.1, -0.05) is 0 Å². The molecule has 3 saturated heterocycles. The zero-order valence-electron chi connectivity index (χ0n) is 17.4. The number of hydrogen-bond donors (Lipinski definition) is 0. The van der Waals surface area contributed by atoms with E-state index >= 15 is 0 Å². The molecule has 1 spiro atoms. The Balaban J connectivity index is 1.40. The Labute approximate surface area is 180 Å². The first-order valence-electron chi connectivity index (χ1n) is 10.4. The average molecular weight is 465 g/mol. The average Bonchev–Trinajstić information content (AvgIpc) is 3.11. The Hall–Kier alpha value is -1.40. The van der Waals surface area contributed by atoms with E-state index in [4.69, 9.17) is 9.47 Å². The van der Waals surface area contributed by atoms with Crippen molar-refractivity contribution >= 4 is 10.0 Å². The Kier molecular flexibility index (Phi) is 6.25.